The maximum absolute atomic E-state index is 11.7. The maximum Gasteiger partial charge on any atom is 0.222 e. The summed E-state index contributed by atoms with van der Waals surface area (Å²) in [6.07, 6.45) is 5.89. The largest absolute Gasteiger partial charge is 0.373 e. The van der Waals surface area contributed by atoms with Crippen LogP contribution in [0.25, 0.3) is 0 Å². The van der Waals surface area contributed by atoms with E-state index in [9.17, 15) is 4.79 Å². The van der Waals surface area contributed by atoms with Crippen LogP contribution in [0.4, 0.5) is 0 Å². The SMILES string of the molecule is CN=C(NCc1ccc(CN2CCCC2=O)cc1)NC1CC2CCC1O2.I. The smallest absolute Gasteiger partial charge is 0.222 e. The Labute approximate surface area is 178 Å². The number of halogens is 1. The Bertz CT molecular complexity index is 679. The zero-order chi connectivity index (χ0) is 17.9. The minimum atomic E-state index is 0. The molecular weight excluding hydrogens is 455 g/mol. The molecule has 3 aliphatic rings. The van der Waals surface area contributed by atoms with Gasteiger partial charge in [0.05, 0.1) is 18.2 Å². The van der Waals surface area contributed by atoms with Crippen molar-refractivity contribution in [3.05, 3.63) is 35.4 Å². The topological polar surface area (TPSA) is 66.0 Å². The highest BCUT2D eigenvalue weighted by molar-refractivity contribution is 14.0. The van der Waals surface area contributed by atoms with Gasteiger partial charge in [-0.05, 0) is 36.8 Å². The van der Waals surface area contributed by atoms with Crippen LogP contribution in [0.2, 0.25) is 0 Å². The van der Waals surface area contributed by atoms with Gasteiger partial charge in [0.15, 0.2) is 5.96 Å². The van der Waals surface area contributed by atoms with Crippen molar-refractivity contribution in [1.29, 1.82) is 0 Å². The average Bonchev–Trinajstić information content (AvgIpc) is 3.38. The van der Waals surface area contributed by atoms with E-state index in [1.165, 1.54) is 17.5 Å². The number of guanidine groups is 1. The summed E-state index contributed by atoms with van der Waals surface area (Å²) in [4.78, 5) is 18.0. The molecule has 1 amide bonds. The quantitative estimate of drug-likeness (QED) is 0.383. The second-order valence-corrected chi connectivity index (χ2v) is 7.52. The molecule has 3 fully saturated rings. The molecule has 3 atom stereocenters. The molecule has 2 N–H and O–H groups in total. The highest BCUT2D eigenvalue weighted by Crippen LogP contribution is 2.34. The molecule has 3 heterocycles. The number of amides is 1. The van der Waals surface area contributed by atoms with Crippen LogP contribution >= 0.6 is 24.0 Å². The highest BCUT2D eigenvalue weighted by atomic mass is 127. The van der Waals surface area contributed by atoms with Gasteiger partial charge in [-0.25, -0.2) is 0 Å². The lowest BCUT2D eigenvalue weighted by Gasteiger charge is -2.22. The van der Waals surface area contributed by atoms with Crippen molar-refractivity contribution in [2.75, 3.05) is 13.6 Å². The molecule has 1 aromatic carbocycles. The lowest BCUT2D eigenvalue weighted by atomic mass is 9.96. The van der Waals surface area contributed by atoms with E-state index in [1.807, 2.05) is 4.90 Å². The molecule has 27 heavy (non-hydrogen) atoms. The lowest BCUT2D eigenvalue weighted by Crippen LogP contribution is -2.47. The van der Waals surface area contributed by atoms with Gasteiger partial charge in [0.1, 0.15) is 0 Å². The molecule has 4 rings (SSSR count). The summed E-state index contributed by atoms with van der Waals surface area (Å²) in [5.74, 6) is 1.10. The fraction of sp³-hybridized carbons (Fsp3) is 0.600. The van der Waals surface area contributed by atoms with Crippen LogP contribution in [0.1, 0.15) is 43.2 Å². The molecule has 1 aromatic rings. The zero-order valence-electron chi connectivity index (χ0n) is 15.8. The third-order valence-electron chi connectivity index (χ3n) is 5.68. The molecule has 3 aliphatic heterocycles. The van der Waals surface area contributed by atoms with Gasteiger partial charge in [0, 0.05) is 33.1 Å². The summed E-state index contributed by atoms with van der Waals surface area (Å²) < 4.78 is 5.90. The summed E-state index contributed by atoms with van der Waals surface area (Å²) in [6.45, 7) is 2.33. The third-order valence-corrected chi connectivity index (χ3v) is 5.68. The summed E-state index contributed by atoms with van der Waals surface area (Å²) in [5.41, 5.74) is 2.39. The van der Waals surface area contributed by atoms with Gasteiger partial charge in [-0.15, -0.1) is 24.0 Å². The minimum Gasteiger partial charge on any atom is -0.373 e. The first-order chi connectivity index (χ1) is 12.7. The Morgan fingerprint density at radius 2 is 2.04 bits per heavy atom. The molecule has 2 bridgehead atoms. The van der Waals surface area contributed by atoms with Crippen molar-refractivity contribution in [1.82, 2.24) is 15.5 Å². The van der Waals surface area contributed by atoms with Crippen LogP contribution in [0, 0.1) is 0 Å². The van der Waals surface area contributed by atoms with Gasteiger partial charge in [-0.1, -0.05) is 24.3 Å². The molecule has 148 valence electrons. The predicted octanol–water partition coefficient (Wildman–Crippen LogP) is 2.41. The molecule has 0 spiro atoms. The molecule has 0 radical (unpaired) electrons. The molecule has 3 unspecified atom stereocenters. The number of likely N-dealkylation sites (tertiary alicyclic amines) is 1. The number of rotatable bonds is 5. The van der Waals surface area contributed by atoms with E-state index in [-0.39, 0.29) is 29.9 Å². The number of nitrogens with zero attached hydrogens (tertiary/aromatic N) is 2. The number of carbonyl (C=O) groups excluding carboxylic acids is 1. The minimum absolute atomic E-state index is 0. The fourth-order valence-electron chi connectivity index (χ4n) is 4.20. The second kappa shape index (κ2) is 9.23. The normalized spacial score (nSPS) is 27.0. The number of fused-ring (bicyclic) bond motifs is 2. The molecular formula is C20H29IN4O2. The summed E-state index contributed by atoms with van der Waals surface area (Å²) in [5, 5.41) is 6.89. The summed E-state index contributed by atoms with van der Waals surface area (Å²) in [6, 6.07) is 8.85. The number of benzene rings is 1. The van der Waals surface area contributed by atoms with Crippen molar-refractivity contribution in [2.24, 2.45) is 4.99 Å². The van der Waals surface area contributed by atoms with Crippen LogP contribution < -0.4 is 10.6 Å². The number of ether oxygens (including phenoxy) is 1. The van der Waals surface area contributed by atoms with Gasteiger partial charge in [0.25, 0.3) is 0 Å². The van der Waals surface area contributed by atoms with Crippen molar-refractivity contribution in [2.45, 2.75) is 63.4 Å². The average molecular weight is 484 g/mol. The monoisotopic (exact) mass is 484 g/mol. The lowest BCUT2D eigenvalue weighted by molar-refractivity contribution is -0.128. The van der Waals surface area contributed by atoms with E-state index in [2.05, 4.69) is 39.9 Å². The Hall–Kier alpha value is -1.35. The molecule has 3 saturated heterocycles. The first-order valence-corrected chi connectivity index (χ1v) is 9.69. The van der Waals surface area contributed by atoms with Gasteiger partial charge in [-0.2, -0.15) is 0 Å². The van der Waals surface area contributed by atoms with Crippen molar-refractivity contribution in [3.8, 4) is 0 Å². The van der Waals surface area contributed by atoms with E-state index in [1.54, 1.807) is 7.05 Å². The predicted molar refractivity (Wildman–Crippen MR) is 116 cm³/mol. The van der Waals surface area contributed by atoms with Crippen molar-refractivity contribution < 1.29 is 9.53 Å². The number of nitrogens with one attached hydrogen (secondary N) is 2. The van der Waals surface area contributed by atoms with Crippen molar-refractivity contribution >= 4 is 35.8 Å². The maximum atomic E-state index is 11.7. The third kappa shape index (κ3) is 4.93. The van der Waals surface area contributed by atoms with E-state index in [4.69, 9.17) is 4.74 Å². The van der Waals surface area contributed by atoms with E-state index in [0.717, 1.165) is 44.9 Å². The Morgan fingerprint density at radius 3 is 2.63 bits per heavy atom. The first-order valence-electron chi connectivity index (χ1n) is 9.69. The molecule has 6 nitrogen and oxygen atoms in total. The van der Waals surface area contributed by atoms with Crippen LogP contribution in [0.15, 0.2) is 29.3 Å². The van der Waals surface area contributed by atoms with Crippen LogP contribution in [-0.4, -0.2) is 48.6 Å². The van der Waals surface area contributed by atoms with Gasteiger partial charge < -0.3 is 20.3 Å². The van der Waals surface area contributed by atoms with Crippen molar-refractivity contribution in [3.63, 3.8) is 0 Å². The van der Waals surface area contributed by atoms with Crippen LogP contribution in [0.3, 0.4) is 0 Å². The molecule has 7 heteroatoms. The Balaban J connectivity index is 0.00000210. The van der Waals surface area contributed by atoms with E-state index >= 15 is 0 Å². The highest BCUT2D eigenvalue weighted by Gasteiger charge is 2.41. The van der Waals surface area contributed by atoms with E-state index < -0.39 is 0 Å². The van der Waals surface area contributed by atoms with Gasteiger partial charge in [-0.3, -0.25) is 9.79 Å². The molecule has 0 aromatic heterocycles. The summed E-state index contributed by atoms with van der Waals surface area (Å²) >= 11 is 0. The van der Waals surface area contributed by atoms with Crippen LogP contribution in [0.5, 0.6) is 0 Å². The fourth-order valence-corrected chi connectivity index (χ4v) is 4.20. The second-order valence-electron chi connectivity index (χ2n) is 7.52. The number of carbonyl (C=O) groups is 1. The zero-order valence-corrected chi connectivity index (χ0v) is 18.1. The van der Waals surface area contributed by atoms with Gasteiger partial charge >= 0.3 is 0 Å². The molecule has 0 aliphatic carbocycles. The number of hydrogen-bond donors (Lipinski definition) is 2. The standard InChI is InChI=1S/C20H28N4O2.HI/c1-21-20(23-17-11-16-8-9-18(17)26-16)22-12-14-4-6-15(7-5-14)13-24-10-2-3-19(24)25;/h4-7,16-18H,2-3,8-13H2,1H3,(H2,21,22,23);1H. The molecule has 0 saturated carbocycles. The number of hydrogen-bond acceptors (Lipinski definition) is 3. The van der Waals surface area contributed by atoms with Gasteiger partial charge in [0.2, 0.25) is 5.91 Å². The Morgan fingerprint density at radius 1 is 1.26 bits per heavy atom. The first kappa shape index (κ1) is 20.4. The number of aliphatic imine (C=N–C) groups is 1. The summed E-state index contributed by atoms with van der Waals surface area (Å²) in [7, 11) is 1.81. The van der Waals surface area contributed by atoms with Crippen LogP contribution in [-0.2, 0) is 22.6 Å². The van der Waals surface area contributed by atoms with E-state index in [0.29, 0.717) is 24.7 Å². The Kier molecular flexibility index (Phi) is 6.97.